The fourth-order valence-electron chi connectivity index (χ4n) is 0.668. The molecule has 0 spiro atoms. The summed E-state index contributed by atoms with van der Waals surface area (Å²) < 4.78 is 0. The van der Waals surface area contributed by atoms with Gasteiger partial charge in [-0.25, -0.2) is 5.48 Å². The number of hydroxylamine groups is 1. The molecule has 1 unspecified atom stereocenters. The van der Waals surface area contributed by atoms with Gasteiger partial charge in [-0.2, -0.15) is 0 Å². The standard InChI is InChI=1S/C9H18N2O3/c1-6(7(12)11-14-5)10-8(13)9(2,3)4/h6H,1-5H3,(H,10,13)(H,11,12). The van der Waals surface area contributed by atoms with Crippen LogP contribution in [0.2, 0.25) is 0 Å². The third-order valence-electron chi connectivity index (χ3n) is 1.62. The van der Waals surface area contributed by atoms with Crippen molar-refractivity contribution in [3.63, 3.8) is 0 Å². The van der Waals surface area contributed by atoms with Gasteiger partial charge in [-0.1, -0.05) is 20.8 Å². The minimum absolute atomic E-state index is 0.170. The molecule has 2 amide bonds. The third-order valence-corrected chi connectivity index (χ3v) is 1.62. The number of amides is 2. The number of rotatable bonds is 3. The Kier molecular flexibility index (Phi) is 4.56. The fraction of sp³-hybridized carbons (Fsp3) is 0.778. The molecule has 0 bridgehead atoms. The lowest BCUT2D eigenvalue weighted by Gasteiger charge is -2.20. The predicted molar refractivity (Wildman–Crippen MR) is 52.2 cm³/mol. The molecule has 2 N–H and O–H groups in total. The minimum Gasteiger partial charge on any atom is -0.344 e. The van der Waals surface area contributed by atoms with Gasteiger partial charge in [0.1, 0.15) is 6.04 Å². The SMILES string of the molecule is CONC(=O)C(C)NC(=O)C(C)(C)C. The maximum atomic E-state index is 11.5. The molecule has 0 aromatic heterocycles. The molecule has 0 heterocycles. The van der Waals surface area contributed by atoms with E-state index in [4.69, 9.17) is 0 Å². The van der Waals surface area contributed by atoms with E-state index in [-0.39, 0.29) is 11.8 Å². The Bertz CT molecular complexity index is 221. The van der Waals surface area contributed by atoms with E-state index in [1.807, 2.05) is 0 Å². The van der Waals surface area contributed by atoms with Crippen molar-refractivity contribution < 1.29 is 14.4 Å². The molecule has 0 fully saturated rings. The van der Waals surface area contributed by atoms with Gasteiger partial charge in [0, 0.05) is 5.41 Å². The number of hydrogen-bond donors (Lipinski definition) is 2. The van der Waals surface area contributed by atoms with Crippen LogP contribution in [0.1, 0.15) is 27.7 Å². The number of nitrogens with one attached hydrogen (secondary N) is 2. The molecule has 0 aromatic carbocycles. The van der Waals surface area contributed by atoms with Crippen molar-refractivity contribution in [2.75, 3.05) is 7.11 Å². The summed E-state index contributed by atoms with van der Waals surface area (Å²) in [5, 5.41) is 2.57. The first-order valence-electron chi connectivity index (χ1n) is 4.43. The normalized spacial score (nSPS) is 13.2. The first kappa shape index (κ1) is 12.9. The smallest absolute Gasteiger partial charge is 0.265 e. The van der Waals surface area contributed by atoms with Crippen molar-refractivity contribution >= 4 is 11.8 Å². The lowest BCUT2D eigenvalue weighted by Crippen LogP contribution is -2.47. The molecule has 0 aliphatic carbocycles. The average molecular weight is 202 g/mol. The fourth-order valence-corrected chi connectivity index (χ4v) is 0.668. The second-order valence-electron chi connectivity index (χ2n) is 4.12. The van der Waals surface area contributed by atoms with Crippen LogP contribution in [0.15, 0.2) is 0 Å². The van der Waals surface area contributed by atoms with Crippen molar-refractivity contribution in [2.24, 2.45) is 5.41 Å². The molecule has 14 heavy (non-hydrogen) atoms. The van der Waals surface area contributed by atoms with Crippen molar-refractivity contribution in [1.29, 1.82) is 0 Å². The van der Waals surface area contributed by atoms with Crippen LogP contribution < -0.4 is 10.8 Å². The third kappa shape index (κ3) is 4.23. The van der Waals surface area contributed by atoms with Gasteiger partial charge in [-0.15, -0.1) is 0 Å². The van der Waals surface area contributed by atoms with Gasteiger partial charge in [0.2, 0.25) is 5.91 Å². The van der Waals surface area contributed by atoms with Crippen LogP contribution in [0.4, 0.5) is 0 Å². The van der Waals surface area contributed by atoms with E-state index in [0.29, 0.717) is 0 Å². The Morgan fingerprint density at radius 1 is 1.29 bits per heavy atom. The highest BCUT2D eigenvalue weighted by atomic mass is 16.6. The van der Waals surface area contributed by atoms with Crippen molar-refractivity contribution in [3.05, 3.63) is 0 Å². The first-order valence-corrected chi connectivity index (χ1v) is 4.43. The van der Waals surface area contributed by atoms with Gasteiger partial charge < -0.3 is 5.32 Å². The predicted octanol–water partition coefficient (Wildman–Crippen LogP) is 0.215. The van der Waals surface area contributed by atoms with Crippen LogP contribution in [0.3, 0.4) is 0 Å². The zero-order valence-electron chi connectivity index (χ0n) is 9.30. The highest BCUT2D eigenvalue weighted by molar-refractivity contribution is 5.88. The Hall–Kier alpha value is -1.10. The summed E-state index contributed by atoms with van der Waals surface area (Å²) in [5.74, 6) is -0.540. The van der Waals surface area contributed by atoms with Crippen LogP contribution in [0.5, 0.6) is 0 Å². The molecule has 0 radical (unpaired) electrons. The number of carbonyl (C=O) groups is 2. The zero-order chi connectivity index (χ0) is 11.4. The molecule has 0 rings (SSSR count). The molecular weight excluding hydrogens is 184 g/mol. The molecular formula is C9H18N2O3. The Morgan fingerprint density at radius 2 is 1.79 bits per heavy atom. The van der Waals surface area contributed by atoms with E-state index in [1.165, 1.54) is 7.11 Å². The van der Waals surface area contributed by atoms with E-state index >= 15 is 0 Å². The Balaban J connectivity index is 4.13. The summed E-state index contributed by atoms with van der Waals surface area (Å²) in [4.78, 5) is 27.0. The summed E-state index contributed by atoms with van der Waals surface area (Å²) in [6.07, 6.45) is 0. The highest BCUT2D eigenvalue weighted by Gasteiger charge is 2.24. The lowest BCUT2D eigenvalue weighted by atomic mass is 9.95. The Morgan fingerprint density at radius 3 is 2.14 bits per heavy atom. The molecule has 0 aliphatic rings. The van der Waals surface area contributed by atoms with Gasteiger partial charge in [0.15, 0.2) is 0 Å². The first-order chi connectivity index (χ1) is 6.29. The van der Waals surface area contributed by atoms with Crippen molar-refractivity contribution in [3.8, 4) is 0 Å². The number of hydrogen-bond acceptors (Lipinski definition) is 3. The van der Waals surface area contributed by atoms with E-state index in [9.17, 15) is 9.59 Å². The van der Waals surface area contributed by atoms with Crippen molar-refractivity contribution in [2.45, 2.75) is 33.7 Å². The molecule has 0 aromatic rings. The van der Waals surface area contributed by atoms with E-state index in [1.54, 1.807) is 27.7 Å². The van der Waals surface area contributed by atoms with Crippen LogP contribution in [0, 0.1) is 5.41 Å². The minimum atomic E-state index is -0.596. The molecule has 82 valence electrons. The topological polar surface area (TPSA) is 67.4 Å². The molecule has 1 atom stereocenters. The van der Waals surface area contributed by atoms with Crippen LogP contribution >= 0.6 is 0 Å². The quantitative estimate of drug-likeness (QED) is 0.643. The second-order valence-corrected chi connectivity index (χ2v) is 4.12. The molecule has 0 saturated heterocycles. The molecule has 0 aliphatic heterocycles. The van der Waals surface area contributed by atoms with E-state index < -0.39 is 11.5 Å². The van der Waals surface area contributed by atoms with Crippen LogP contribution in [0.25, 0.3) is 0 Å². The van der Waals surface area contributed by atoms with E-state index in [2.05, 4.69) is 15.6 Å². The monoisotopic (exact) mass is 202 g/mol. The summed E-state index contributed by atoms with van der Waals surface area (Å²) >= 11 is 0. The molecule has 5 nitrogen and oxygen atoms in total. The zero-order valence-corrected chi connectivity index (χ0v) is 9.30. The summed E-state index contributed by atoms with van der Waals surface area (Å²) in [6, 6.07) is -0.596. The summed E-state index contributed by atoms with van der Waals surface area (Å²) in [7, 11) is 1.34. The van der Waals surface area contributed by atoms with Gasteiger partial charge in [-0.3, -0.25) is 14.4 Å². The van der Waals surface area contributed by atoms with Gasteiger partial charge >= 0.3 is 0 Å². The van der Waals surface area contributed by atoms with Gasteiger partial charge in [-0.05, 0) is 6.92 Å². The second kappa shape index (κ2) is 4.95. The van der Waals surface area contributed by atoms with Crippen LogP contribution in [-0.2, 0) is 14.4 Å². The maximum absolute atomic E-state index is 11.5. The van der Waals surface area contributed by atoms with Gasteiger partial charge in [0.25, 0.3) is 5.91 Å². The maximum Gasteiger partial charge on any atom is 0.265 e. The highest BCUT2D eigenvalue weighted by Crippen LogP contribution is 2.12. The Labute approximate surface area is 84.1 Å². The average Bonchev–Trinajstić information content (AvgIpc) is 2.02. The molecule has 0 saturated carbocycles. The summed E-state index contributed by atoms with van der Waals surface area (Å²) in [6.45, 7) is 6.94. The van der Waals surface area contributed by atoms with Gasteiger partial charge in [0.05, 0.1) is 7.11 Å². The summed E-state index contributed by atoms with van der Waals surface area (Å²) in [5.41, 5.74) is 1.65. The van der Waals surface area contributed by atoms with E-state index in [0.717, 1.165) is 0 Å². The van der Waals surface area contributed by atoms with Crippen LogP contribution in [-0.4, -0.2) is 25.0 Å². The molecule has 5 heteroatoms. The number of carbonyl (C=O) groups excluding carboxylic acids is 2. The largest absolute Gasteiger partial charge is 0.344 e. The lowest BCUT2D eigenvalue weighted by molar-refractivity contribution is -0.138. The van der Waals surface area contributed by atoms with Crippen molar-refractivity contribution in [1.82, 2.24) is 10.8 Å².